The van der Waals surface area contributed by atoms with E-state index < -0.39 is 6.04 Å². The Bertz CT molecular complexity index is 1050. The summed E-state index contributed by atoms with van der Waals surface area (Å²) in [4.78, 5) is 26.7. The van der Waals surface area contributed by atoms with E-state index in [9.17, 15) is 9.59 Å². The molecule has 0 spiro atoms. The van der Waals surface area contributed by atoms with E-state index in [-0.39, 0.29) is 18.2 Å². The quantitative estimate of drug-likeness (QED) is 0.589. The minimum Gasteiger partial charge on any atom is -0.497 e. The van der Waals surface area contributed by atoms with Crippen molar-refractivity contribution in [2.24, 2.45) is 0 Å². The molecule has 3 aromatic rings. The van der Waals surface area contributed by atoms with Gasteiger partial charge in [0.05, 0.1) is 13.5 Å². The lowest BCUT2D eigenvalue weighted by Crippen LogP contribution is -2.37. The fourth-order valence-corrected chi connectivity index (χ4v) is 3.92. The Morgan fingerprint density at radius 2 is 1.84 bits per heavy atom. The third-order valence-corrected chi connectivity index (χ3v) is 5.62. The fourth-order valence-electron chi connectivity index (χ4n) is 3.22. The first kappa shape index (κ1) is 20.7. The average molecular weight is 439 g/mol. The van der Waals surface area contributed by atoms with E-state index in [4.69, 9.17) is 14.2 Å². The van der Waals surface area contributed by atoms with Crippen LogP contribution in [0.25, 0.3) is 0 Å². The number of hydrogen-bond donors (Lipinski definition) is 2. The lowest BCUT2D eigenvalue weighted by molar-refractivity contribution is -0.126. The number of anilines is 1. The molecule has 2 N–H and O–H groups in total. The molecule has 160 valence electrons. The summed E-state index contributed by atoms with van der Waals surface area (Å²) in [5, 5.41) is 7.63. The number of thiophene rings is 1. The van der Waals surface area contributed by atoms with Crippen LogP contribution in [0.15, 0.2) is 60.0 Å². The van der Waals surface area contributed by atoms with Gasteiger partial charge < -0.3 is 24.8 Å². The summed E-state index contributed by atoms with van der Waals surface area (Å²) >= 11 is 1.50. The lowest BCUT2D eigenvalue weighted by Gasteiger charge is -2.21. The van der Waals surface area contributed by atoms with E-state index in [0.717, 1.165) is 4.88 Å². The second-order valence-electron chi connectivity index (χ2n) is 6.88. The zero-order valence-corrected chi connectivity index (χ0v) is 17.7. The number of methoxy groups -OCH3 is 1. The molecule has 2 heterocycles. The van der Waals surface area contributed by atoms with Gasteiger partial charge in [-0.3, -0.25) is 9.59 Å². The molecule has 4 rings (SSSR count). The Balaban J connectivity index is 1.53. The van der Waals surface area contributed by atoms with E-state index >= 15 is 0 Å². The minimum absolute atomic E-state index is 0.210. The molecule has 0 aliphatic carbocycles. The number of amides is 2. The van der Waals surface area contributed by atoms with Gasteiger partial charge in [-0.25, -0.2) is 0 Å². The molecule has 2 amide bonds. The van der Waals surface area contributed by atoms with Gasteiger partial charge in [0.25, 0.3) is 5.91 Å². The first-order chi connectivity index (χ1) is 15.1. The highest BCUT2D eigenvalue weighted by molar-refractivity contribution is 7.10. The summed E-state index contributed by atoms with van der Waals surface area (Å²) in [5.74, 6) is 1.29. The van der Waals surface area contributed by atoms with E-state index in [1.165, 1.54) is 11.3 Å². The van der Waals surface area contributed by atoms with Gasteiger partial charge in [0.1, 0.15) is 25.0 Å². The number of benzene rings is 2. The average Bonchev–Trinajstić information content (AvgIpc) is 3.30. The number of carbonyl (C=O) groups is 2. The van der Waals surface area contributed by atoms with Crippen molar-refractivity contribution >= 4 is 28.8 Å². The molecule has 0 fully saturated rings. The maximum atomic E-state index is 13.1. The third kappa shape index (κ3) is 5.16. The highest BCUT2D eigenvalue weighted by atomic mass is 32.1. The Morgan fingerprint density at radius 1 is 1.06 bits per heavy atom. The van der Waals surface area contributed by atoms with Crippen molar-refractivity contribution in [1.29, 1.82) is 0 Å². The lowest BCUT2D eigenvalue weighted by atomic mass is 10.1. The van der Waals surface area contributed by atoms with Crippen LogP contribution in [-0.2, 0) is 16.0 Å². The van der Waals surface area contributed by atoms with Crippen molar-refractivity contribution in [3.63, 3.8) is 0 Å². The first-order valence-corrected chi connectivity index (χ1v) is 10.7. The second-order valence-corrected chi connectivity index (χ2v) is 7.91. The molecule has 1 aliphatic heterocycles. The SMILES string of the molecule is COc1ccc([C@H](NC(=O)Cc2cccs2)C(=O)Nc2ccc3c(c2)OCCO3)cc1. The van der Waals surface area contributed by atoms with Crippen molar-refractivity contribution in [2.75, 3.05) is 25.6 Å². The topological polar surface area (TPSA) is 85.9 Å². The van der Waals surface area contributed by atoms with E-state index in [0.29, 0.717) is 41.7 Å². The molecule has 0 radical (unpaired) electrons. The van der Waals surface area contributed by atoms with Crippen LogP contribution in [0.3, 0.4) is 0 Å². The first-order valence-electron chi connectivity index (χ1n) is 9.78. The number of nitrogens with one attached hydrogen (secondary N) is 2. The molecule has 1 atom stereocenters. The van der Waals surface area contributed by atoms with Crippen LogP contribution in [0.4, 0.5) is 5.69 Å². The number of hydrogen-bond acceptors (Lipinski definition) is 6. The van der Waals surface area contributed by atoms with E-state index in [1.807, 2.05) is 17.5 Å². The van der Waals surface area contributed by atoms with Crippen LogP contribution in [0.1, 0.15) is 16.5 Å². The fraction of sp³-hybridized carbons (Fsp3) is 0.217. The van der Waals surface area contributed by atoms with Crippen molar-refractivity contribution < 1.29 is 23.8 Å². The van der Waals surface area contributed by atoms with Gasteiger partial charge in [-0.15, -0.1) is 11.3 Å². The van der Waals surface area contributed by atoms with Gasteiger partial charge in [-0.1, -0.05) is 18.2 Å². The molecule has 7 nitrogen and oxygen atoms in total. The van der Waals surface area contributed by atoms with Crippen LogP contribution in [-0.4, -0.2) is 32.1 Å². The Labute approximate surface area is 183 Å². The predicted octanol–water partition coefficient (Wildman–Crippen LogP) is 3.57. The normalized spacial score (nSPS) is 13.2. The maximum Gasteiger partial charge on any atom is 0.251 e. The van der Waals surface area contributed by atoms with Crippen molar-refractivity contribution in [1.82, 2.24) is 5.32 Å². The van der Waals surface area contributed by atoms with Gasteiger partial charge in [-0.2, -0.15) is 0 Å². The second kappa shape index (κ2) is 9.53. The highest BCUT2D eigenvalue weighted by Gasteiger charge is 2.24. The molecule has 0 saturated carbocycles. The molecule has 2 aromatic carbocycles. The van der Waals surface area contributed by atoms with Crippen LogP contribution >= 0.6 is 11.3 Å². The molecule has 0 bridgehead atoms. The molecule has 0 unspecified atom stereocenters. The molecule has 0 saturated heterocycles. The zero-order valence-electron chi connectivity index (χ0n) is 16.9. The molecular formula is C23H22N2O5S. The number of carbonyl (C=O) groups excluding carboxylic acids is 2. The van der Waals surface area contributed by atoms with E-state index in [2.05, 4.69) is 10.6 Å². The molecule has 1 aromatic heterocycles. The van der Waals surface area contributed by atoms with Crippen LogP contribution in [0, 0.1) is 0 Å². The Hall–Kier alpha value is -3.52. The number of fused-ring (bicyclic) bond motifs is 1. The van der Waals surface area contributed by atoms with Crippen molar-refractivity contribution in [2.45, 2.75) is 12.5 Å². The zero-order chi connectivity index (χ0) is 21.6. The molecule has 8 heteroatoms. The third-order valence-electron chi connectivity index (χ3n) is 4.74. The molecular weight excluding hydrogens is 416 g/mol. The van der Waals surface area contributed by atoms with E-state index in [1.54, 1.807) is 49.6 Å². The molecule has 1 aliphatic rings. The molecule has 31 heavy (non-hydrogen) atoms. The summed E-state index contributed by atoms with van der Waals surface area (Å²) in [6, 6.07) is 15.2. The smallest absolute Gasteiger partial charge is 0.251 e. The Kier molecular flexibility index (Phi) is 6.37. The summed E-state index contributed by atoms with van der Waals surface area (Å²) in [6.45, 7) is 0.951. The van der Waals surface area contributed by atoms with Gasteiger partial charge in [0.2, 0.25) is 5.91 Å². The highest BCUT2D eigenvalue weighted by Crippen LogP contribution is 2.33. The largest absolute Gasteiger partial charge is 0.497 e. The number of ether oxygens (including phenoxy) is 3. The van der Waals surface area contributed by atoms with Gasteiger partial charge in [-0.05, 0) is 41.3 Å². The Morgan fingerprint density at radius 3 is 2.55 bits per heavy atom. The maximum absolute atomic E-state index is 13.1. The van der Waals surface area contributed by atoms with Crippen molar-refractivity contribution in [3.05, 3.63) is 70.4 Å². The van der Waals surface area contributed by atoms with Crippen molar-refractivity contribution in [3.8, 4) is 17.2 Å². The minimum atomic E-state index is -0.869. The monoisotopic (exact) mass is 438 g/mol. The summed E-state index contributed by atoms with van der Waals surface area (Å²) < 4.78 is 16.3. The van der Waals surface area contributed by atoms with Crippen LogP contribution in [0.5, 0.6) is 17.2 Å². The predicted molar refractivity (Wildman–Crippen MR) is 118 cm³/mol. The van der Waals surface area contributed by atoms with Crippen LogP contribution < -0.4 is 24.8 Å². The number of rotatable bonds is 7. The van der Waals surface area contributed by atoms with Gasteiger partial charge in [0.15, 0.2) is 11.5 Å². The summed E-state index contributed by atoms with van der Waals surface area (Å²) in [7, 11) is 1.57. The standard InChI is InChI=1S/C23H22N2O5S/c1-28-17-7-4-15(5-8-17)22(25-21(26)14-18-3-2-12-31-18)23(27)24-16-6-9-19-20(13-16)30-11-10-29-19/h2-9,12-13,22H,10-11,14H2,1H3,(H,24,27)(H,25,26)/t22-/m0/s1. The summed E-state index contributed by atoms with van der Waals surface area (Å²) in [6.07, 6.45) is 0.210. The summed E-state index contributed by atoms with van der Waals surface area (Å²) in [5.41, 5.74) is 1.20. The van der Waals surface area contributed by atoms with Gasteiger partial charge in [0, 0.05) is 16.6 Å². The van der Waals surface area contributed by atoms with Crippen LogP contribution in [0.2, 0.25) is 0 Å². The van der Waals surface area contributed by atoms with Gasteiger partial charge >= 0.3 is 0 Å².